The fourth-order valence-electron chi connectivity index (χ4n) is 1.32. The second kappa shape index (κ2) is 8.80. The molecular formula is C14H26Si. The van der Waals surface area contributed by atoms with Gasteiger partial charge in [-0.05, 0) is 26.2 Å². The lowest BCUT2D eigenvalue weighted by Gasteiger charge is -2.03. The molecule has 0 amide bonds. The summed E-state index contributed by atoms with van der Waals surface area (Å²) < 4.78 is 0. The van der Waals surface area contributed by atoms with Crippen LogP contribution < -0.4 is 0 Å². The van der Waals surface area contributed by atoms with Crippen molar-refractivity contribution in [3.63, 3.8) is 0 Å². The van der Waals surface area contributed by atoms with E-state index in [-0.39, 0.29) is 0 Å². The highest BCUT2D eigenvalue weighted by molar-refractivity contribution is 6.83. The average Bonchev–Trinajstić information content (AvgIpc) is 2.14. The van der Waals surface area contributed by atoms with E-state index in [0.29, 0.717) is 0 Å². The van der Waals surface area contributed by atoms with Crippen molar-refractivity contribution in [2.24, 2.45) is 0 Å². The molecule has 0 unspecified atom stereocenters. The summed E-state index contributed by atoms with van der Waals surface area (Å²) in [5.41, 5.74) is 3.41. The quantitative estimate of drug-likeness (QED) is 0.262. The van der Waals surface area contributed by atoms with E-state index in [4.69, 9.17) is 0 Å². The Morgan fingerprint density at radius 1 is 1.00 bits per heavy atom. The van der Waals surface area contributed by atoms with Crippen molar-refractivity contribution in [2.75, 3.05) is 0 Å². The minimum absolute atomic E-state index is 1.11. The Hall–Kier alpha value is -0.483. The summed E-state index contributed by atoms with van der Waals surface area (Å²) in [6.07, 6.45) is 12.1. The van der Waals surface area contributed by atoms with Gasteiger partial charge in [-0.3, -0.25) is 0 Å². The fourth-order valence-corrected chi connectivity index (χ4v) is 1.98. The monoisotopic (exact) mass is 222 g/mol. The van der Waals surface area contributed by atoms with Crippen LogP contribution >= 0.6 is 0 Å². The zero-order chi connectivity index (χ0) is 11.6. The van der Waals surface area contributed by atoms with Gasteiger partial charge in [-0.15, -0.1) is 11.5 Å². The van der Waals surface area contributed by atoms with Crippen LogP contribution in [0.4, 0.5) is 0 Å². The summed E-state index contributed by atoms with van der Waals surface area (Å²) in [7, 11) is -1.11. The Balaban J connectivity index is 3.28. The van der Waals surface area contributed by atoms with E-state index in [9.17, 15) is 0 Å². The van der Waals surface area contributed by atoms with E-state index in [1.54, 1.807) is 0 Å². The van der Waals surface area contributed by atoms with Gasteiger partial charge in [0, 0.05) is 6.42 Å². The van der Waals surface area contributed by atoms with Crippen LogP contribution in [0.15, 0.2) is 12.2 Å². The minimum Gasteiger partial charge on any atom is -0.132 e. The Kier molecular flexibility index (Phi) is 8.51. The van der Waals surface area contributed by atoms with Crippen molar-refractivity contribution in [3.05, 3.63) is 12.2 Å². The number of hydrogen-bond acceptors (Lipinski definition) is 0. The standard InChI is InChI=1S/C14H26Si/c1-5-6-7-8-9-10-11-12-13-14-15(2,3)4/h5-6H,7-12H2,1-4H3/b6-5-. The molecule has 0 spiro atoms. The third-order valence-corrected chi connectivity index (χ3v) is 3.05. The van der Waals surface area contributed by atoms with Crippen LogP contribution in [0.5, 0.6) is 0 Å². The first-order valence-electron chi connectivity index (χ1n) is 6.17. The molecule has 0 radical (unpaired) electrons. The second-order valence-electron chi connectivity index (χ2n) is 5.07. The Bertz CT molecular complexity index is 222. The van der Waals surface area contributed by atoms with Crippen molar-refractivity contribution in [3.8, 4) is 11.5 Å². The van der Waals surface area contributed by atoms with Crippen LogP contribution in [-0.2, 0) is 0 Å². The van der Waals surface area contributed by atoms with E-state index in [0.717, 1.165) is 6.42 Å². The van der Waals surface area contributed by atoms with Crippen LogP contribution in [0.2, 0.25) is 19.6 Å². The van der Waals surface area contributed by atoms with Crippen LogP contribution in [0.1, 0.15) is 45.4 Å². The molecular weight excluding hydrogens is 196 g/mol. The highest BCUT2D eigenvalue weighted by Gasteiger charge is 2.06. The molecule has 0 aliphatic heterocycles. The van der Waals surface area contributed by atoms with Gasteiger partial charge in [-0.2, -0.15) is 0 Å². The predicted molar refractivity (Wildman–Crippen MR) is 73.6 cm³/mol. The third-order valence-electron chi connectivity index (χ3n) is 2.12. The topological polar surface area (TPSA) is 0 Å². The van der Waals surface area contributed by atoms with Crippen molar-refractivity contribution >= 4 is 8.07 Å². The Morgan fingerprint density at radius 3 is 2.27 bits per heavy atom. The molecule has 0 rings (SSSR count). The Labute approximate surface area is 97.2 Å². The van der Waals surface area contributed by atoms with Crippen molar-refractivity contribution < 1.29 is 0 Å². The maximum atomic E-state index is 3.41. The SMILES string of the molecule is C/C=C\CCCCCCC#C[Si](C)(C)C. The summed E-state index contributed by atoms with van der Waals surface area (Å²) >= 11 is 0. The molecule has 0 aromatic heterocycles. The predicted octanol–water partition coefficient (Wildman–Crippen LogP) is 4.78. The van der Waals surface area contributed by atoms with Crippen molar-refractivity contribution in [1.29, 1.82) is 0 Å². The molecule has 0 N–H and O–H groups in total. The molecule has 0 bridgehead atoms. The highest BCUT2D eigenvalue weighted by Crippen LogP contribution is 2.05. The first-order valence-corrected chi connectivity index (χ1v) is 9.67. The maximum Gasteiger partial charge on any atom is 0.129 e. The van der Waals surface area contributed by atoms with Crippen molar-refractivity contribution in [2.45, 2.75) is 65.1 Å². The zero-order valence-electron chi connectivity index (χ0n) is 10.9. The molecule has 0 atom stereocenters. The molecule has 0 aliphatic rings. The van der Waals surface area contributed by atoms with Gasteiger partial charge in [-0.25, -0.2) is 0 Å². The van der Waals surface area contributed by atoms with Gasteiger partial charge >= 0.3 is 0 Å². The summed E-state index contributed by atoms with van der Waals surface area (Å²) in [4.78, 5) is 0. The smallest absolute Gasteiger partial charge is 0.129 e. The first-order chi connectivity index (χ1) is 7.06. The van der Waals surface area contributed by atoms with Crippen LogP contribution in [0.3, 0.4) is 0 Å². The largest absolute Gasteiger partial charge is 0.132 e. The lowest BCUT2D eigenvalue weighted by atomic mass is 10.1. The molecule has 0 aromatic carbocycles. The summed E-state index contributed by atoms with van der Waals surface area (Å²) in [5.74, 6) is 3.33. The lowest BCUT2D eigenvalue weighted by molar-refractivity contribution is 0.656. The molecule has 0 saturated carbocycles. The van der Waals surface area contributed by atoms with Gasteiger partial charge in [0.15, 0.2) is 0 Å². The molecule has 86 valence electrons. The number of allylic oxidation sites excluding steroid dienone is 2. The maximum absolute atomic E-state index is 3.41. The van der Waals surface area contributed by atoms with E-state index in [2.05, 4.69) is 50.2 Å². The molecule has 0 heterocycles. The van der Waals surface area contributed by atoms with Gasteiger partial charge in [0.1, 0.15) is 8.07 Å². The summed E-state index contributed by atoms with van der Waals surface area (Å²) in [6, 6.07) is 0. The second-order valence-corrected chi connectivity index (χ2v) is 9.82. The van der Waals surface area contributed by atoms with E-state index < -0.39 is 8.07 Å². The average molecular weight is 222 g/mol. The van der Waals surface area contributed by atoms with Gasteiger partial charge in [0.25, 0.3) is 0 Å². The van der Waals surface area contributed by atoms with Gasteiger partial charge in [0.2, 0.25) is 0 Å². The fraction of sp³-hybridized carbons (Fsp3) is 0.714. The zero-order valence-corrected chi connectivity index (χ0v) is 11.9. The number of unbranched alkanes of at least 4 members (excludes halogenated alkanes) is 5. The summed E-state index contributed by atoms with van der Waals surface area (Å²) in [5, 5.41) is 0. The first kappa shape index (κ1) is 14.5. The van der Waals surface area contributed by atoms with Crippen molar-refractivity contribution in [1.82, 2.24) is 0 Å². The van der Waals surface area contributed by atoms with Crippen LogP contribution in [-0.4, -0.2) is 8.07 Å². The summed E-state index contributed by atoms with van der Waals surface area (Å²) in [6.45, 7) is 9.00. The van der Waals surface area contributed by atoms with Gasteiger partial charge in [-0.1, -0.05) is 44.6 Å². The van der Waals surface area contributed by atoms with Gasteiger partial charge < -0.3 is 0 Å². The molecule has 1 heteroatoms. The normalized spacial score (nSPS) is 11.5. The molecule has 0 aliphatic carbocycles. The van der Waals surface area contributed by atoms with E-state index >= 15 is 0 Å². The third kappa shape index (κ3) is 13.5. The number of hydrogen-bond donors (Lipinski definition) is 0. The van der Waals surface area contributed by atoms with E-state index in [1.807, 2.05) is 0 Å². The lowest BCUT2D eigenvalue weighted by Crippen LogP contribution is -2.16. The minimum atomic E-state index is -1.11. The van der Waals surface area contributed by atoms with Gasteiger partial charge in [0.05, 0.1) is 0 Å². The molecule has 0 saturated heterocycles. The number of rotatable bonds is 6. The molecule has 15 heavy (non-hydrogen) atoms. The van der Waals surface area contributed by atoms with Crippen LogP contribution in [0.25, 0.3) is 0 Å². The van der Waals surface area contributed by atoms with E-state index in [1.165, 1.54) is 32.1 Å². The molecule has 0 fully saturated rings. The Morgan fingerprint density at radius 2 is 1.67 bits per heavy atom. The molecule has 0 aromatic rings. The van der Waals surface area contributed by atoms with Crippen LogP contribution in [0, 0.1) is 11.5 Å². The molecule has 0 nitrogen and oxygen atoms in total. The highest BCUT2D eigenvalue weighted by atomic mass is 28.3.